The summed E-state index contributed by atoms with van der Waals surface area (Å²) in [4.78, 5) is 10.9. The molecule has 0 unspecified atom stereocenters. The number of carboxylic acid groups (broad SMARTS) is 1. The summed E-state index contributed by atoms with van der Waals surface area (Å²) in [5.74, 6) is -1.24. The number of hydrogen-bond acceptors (Lipinski definition) is 2. The third-order valence-electron chi connectivity index (χ3n) is 3.35. The van der Waals surface area contributed by atoms with Gasteiger partial charge in [-0.05, 0) is 30.5 Å². The van der Waals surface area contributed by atoms with Crippen LogP contribution in [0.4, 0.5) is 4.39 Å². The molecule has 0 atom stereocenters. The predicted octanol–water partition coefficient (Wildman–Crippen LogP) is 2.26. The minimum atomic E-state index is -0.922. The van der Waals surface area contributed by atoms with Crippen LogP contribution in [0.25, 0.3) is 11.1 Å². The number of benzene rings is 1. The molecule has 98 valence electrons. The number of carboxylic acids is 1. The molecule has 4 nitrogen and oxygen atoms in total. The van der Waals surface area contributed by atoms with Crippen molar-refractivity contribution >= 4 is 5.97 Å². The van der Waals surface area contributed by atoms with Crippen LogP contribution in [0.5, 0.6) is 0 Å². The van der Waals surface area contributed by atoms with Gasteiger partial charge in [-0.25, -0.2) is 4.39 Å². The van der Waals surface area contributed by atoms with E-state index in [9.17, 15) is 9.18 Å². The molecule has 1 N–H and O–H groups in total. The number of carbonyl (C=O) groups is 1. The molecule has 0 fully saturated rings. The summed E-state index contributed by atoms with van der Waals surface area (Å²) < 4.78 is 15.2. The van der Waals surface area contributed by atoms with E-state index in [4.69, 9.17) is 5.11 Å². The number of fused-ring (bicyclic) bond motifs is 1. The number of aromatic nitrogens is 2. The summed E-state index contributed by atoms with van der Waals surface area (Å²) in [5, 5.41) is 13.3. The molecule has 0 aliphatic carbocycles. The Balaban J connectivity index is 2.15. The molecule has 0 saturated carbocycles. The third kappa shape index (κ3) is 2.12. The Bertz CT molecular complexity index is 649. The lowest BCUT2D eigenvalue weighted by Gasteiger charge is -2.04. The van der Waals surface area contributed by atoms with Crippen LogP contribution in [0.3, 0.4) is 0 Å². The molecule has 0 radical (unpaired) electrons. The van der Waals surface area contributed by atoms with Gasteiger partial charge in [0.15, 0.2) is 0 Å². The number of nitrogens with zero attached hydrogens (tertiary/aromatic N) is 2. The van der Waals surface area contributed by atoms with Crippen LogP contribution in [0, 0.1) is 5.82 Å². The molecule has 0 saturated heterocycles. The van der Waals surface area contributed by atoms with E-state index in [0.717, 1.165) is 30.6 Å². The molecule has 3 rings (SSSR count). The summed E-state index contributed by atoms with van der Waals surface area (Å²) in [6, 6.07) is 6.24. The fourth-order valence-electron chi connectivity index (χ4n) is 2.63. The first kappa shape index (κ1) is 11.9. The Morgan fingerprint density at radius 1 is 1.47 bits per heavy atom. The summed E-state index contributed by atoms with van der Waals surface area (Å²) in [6.45, 7) is 0.803. The summed E-state index contributed by atoms with van der Waals surface area (Å²) in [5.41, 5.74) is 3.04. The zero-order chi connectivity index (χ0) is 13.4. The molecule has 5 heteroatoms. The van der Waals surface area contributed by atoms with Crippen LogP contribution in [-0.4, -0.2) is 20.9 Å². The predicted molar refractivity (Wildman–Crippen MR) is 67.3 cm³/mol. The van der Waals surface area contributed by atoms with E-state index in [0.29, 0.717) is 11.3 Å². The zero-order valence-corrected chi connectivity index (χ0v) is 10.3. The van der Waals surface area contributed by atoms with E-state index in [1.54, 1.807) is 12.1 Å². The fourth-order valence-corrected chi connectivity index (χ4v) is 2.63. The van der Waals surface area contributed by atoms with E-state index in [1.165, 1.54) is 12.1 Å². The summed E-state index contributed by atoms with van der Waals surface area (Å²) in [7, 11) is 0. The highest BCUT2D eigenvalue weighted by Crippen LogP contribution is 2.32. The van der Waals surface area contributed by atoms with Crippen LogP contribution >= 0.6 is 0 Å². The minimum Gasteiger partial charge on any atom is -0.481 e. The Morgan fingerprint density at radius 2 is 2.32 bits per heavy atom. The summed E-state index contributed by atoms with van der Waals surface area (Å²) in [6.07, 6.45) is 1.72. The van der Waals surface area contributed by atoms with Crippen molar-refractivity contribution < 1.29 is 14.3 Å². The van der Waals surface area contributed by atoms with Crippen LogP contribution in [-0.2, 0) is 24.2 Å². The van der Waals surface area contributed by atoms with Gasteiger partial charge in [0.2, 0.25) is 0 Å². The van der Waals surface area contributed by atoms with E-state index in [2.05, 4.69) is 5.10 Å². The lowest BCUT2D eigenvalue weighted by molar-refractivity contribution is -0.136. The SMILES string of the molecule is O=C(O)Cc1nn2c(c1-c1cccc(F)c1)CCC2. The smallest absolute Gasteiger partial charge is 0.309 e. The minimum absolute atomic E-state index is 0.133. The highest BCUT2D eigenvalue weighted by atomic mass is 19.1. The van der Waals surface area contributed by atoms with Gasteiger partial charge in [0.1, 0.15) is 5.82 Å². The molecule has 2 heterocycles. The monoisotopic (exact) mass is 260 g/mol. The molecular formula is C14H13FN2O2. The second-order valence-corrected chi connectivity index (χ2v) is 4.68. The van der Waals surface area contributed by atoms with E-state index >= 15 is 0 Å². The number of rotatable bonds is 3. The second kappa shape index (κ2) is 4.50. The zero-order valence-electron chi connectivity index (χ0n) is 10.3. The first-order valence-corrected chi connectivity index (χ1v) is 6.21. The maximum absolute atomic E-state index is 13.4. The molecular weight excluding hydrogens is 247 g/mol. The average Bonchev–Trinajstić information content (AvgIpc) is 2.87. The van der Waals surface area contributed by atoms with Gasteiger partial charge < -0.3 is 5.11 Å². The quantitative estimate of drug-likeness (QED) is 0.921. The van der Waals surface area contributed by atoms with Crippen molar-refractivity contribution in [1.29, 1.82) is 0 Å². The van der Waals surface area contributed by atoms with Crippen molar-refractivity contribution in [2.24, 2.45) is 0 Å². The normalized spacial score (nSPS) is 13.5. The van der Waals surface area contributed by atoms with Crippen LogP contribution in [0.2, 0.25) is 0 Å². The maximum atomic E-state index is 13.4. The third-order valence-corrected chi connectivity index (χ3v) is 3.35. The maximum Gasteiger partial charge on any atom is 0.309 e. The lowest BCUT2D eigenvalue weighted by Crippen LogP contribution is -2.03. The number of halogens is 1. The Kier molecular flexibility index (Phi) is 2.81. The molecule has 0 spiro atoms. The fraction of sp³-hybridized carbons (Fsp3) is 0.286. The first-order valence-electron chi connectivity index (χ1n) is 6.21. The van der Waals surface area contributed by atoms with Crippen LogP contribution in [0.15, 0.2) is 24.3 Å². The molecule has 0 amide bonds. The average molecular weight is 260 g/mol. The summed E-state index contributed by atoms with van der Waals surface area (Å²) >= 11 is 0. The topological polar surface area (TPSA) is 55.1 Å². The van der Waals surface area contributed by atoms with E-state index < -0.39 is 5.97 Å². The van der Waals surface area contributed by atoms with Gasteiger partial charge in [-0.2, -0.15) is 5.10 Å². The van der Waals surface area contributed by atoms with Gasteiger partial charge in [-0.1, -0.05) is 12.1 Å². The van der Waals surface area contributed by atoms with Crippen LogP contribution < -0.4 is 0 Å². The number of hydrogen-bond donors (Lipinski definition) is 1. The molecule has 19 heavy (non-hydrogen) atoms. The molecule has 2 aromatic rings. The van der Waals surface area contributed by atoms with Crippen LogP contribution in [0.1, 0.15) is 17.8 Å². The molecule has 1 aromatic carbocycles. The Morgan fingerprint density at radius 3 is 3.05 bits per heavy atom. The number of aliphatic carboxylic acids is 1. The first-order chi connectivity index (χ1) is 9.15. The standard InChI is InChI=1S/C14H13FN2O2/c15-10-4-1-3-9(7-10)14-11(8-13(18)19)16-17-6-2-5-12(14)17/h1,3-4,7H,2,5-6,8H2,(H,18,19). The van der Waals surface area contributed by atoms with Crippen molar-refractivity contribution in [3.8, 4) is 11.1 Å². The van der Waals surface area contributed by atoms with E-state index in [1.807, 2.05) is 4.68 Å². The Hall–Kier alpha value is -2.17. The van der Waals surface area contributed by atoms with Crippen molar-refractivity contribution in [2.75, 3.05) is 0 Å². The molecule has 0 bridgehead atoms. The van der Waals surface area contributed by atoms with Crippen molar-refractivity contribution in [2.45, 2.75) is 25.8 Å². The van der Waals surface area contributed by atoms with Gasteiger partial charge >= 0.3 is 5.97 Å². The molecule has 1 aromatic heterocycles. The largest absolute Gasteiger partial charge is 0.481 e. The van der Waals surface area contributed by atoms with Gasteiger partial charge in [0.05, 0.1) is 12.1 Å². The van der Waals surface area contributed by atoms with Gasteiger partial charge in [-0.3, -0.25) is 9.48 Å². The van der Waals surface area contributed by atoms with Crippen molar-refractivity contribution in [3.63, 3.8) is 0 Å². The molecule has 1 aliphatic heterocycles. The van der Waals surface area contributed by atoms with E-state index in [-0.39, 0.29) is 12.2 Å². The lowest BCUT2D eigenvalue weighted by atomic mass is 10.00. The van der Waals surface area contributed by atoms with Crippen molar-refractivity contribution in [1.82, 2.24) is 9.78 Å². The van der Waals surface area contributed by atoms with Crippen molar-refractivity contribution in [3.05, 3.63) is 41.5 Å². The Labute approximate surface area is 109 Å². The highest BCUT2D eigenvalue weighted by molar-refractivity contribution is 5.77. The van der Waals surface area contributed by atoms with Gasteiger partial charge in [-0.15, -0.1) is 0 Å². The second-order valence-electron chi connectivity index (χ2n) is 4.68. The highest BCUT2D eigenvalue weighted by Gasteiger charge is 2.24. The molecule has 1 aliphatic rings. The van der Waals surface area contributed by atoms with Gasteiger partial charge in [0, 0.05) is 17.8 Å². The van der Waals surface area contributed by atoms with Gasteiger partial charge in [0.25, 0.3) is 0 Å². The number of aryl methyl sites for hydroxylation is 1.